The van der Waals surface area contributed by atoms with E-state index in [9.17, 15) is 15.0 Å². The van der Waals surface area contributed by atoms with Crippen LogP contribution in [0.3, 0.4) is 0 Å². The van der Waals surface area contributed by atoms with Crippen molar-refractivity contribution in [3.8, 4) is 11.5 Å². The summed E-state index contributed by atoms with van der Waals surface area (Å²) in [6.07, 6.45) is 3.28. The number of piperidine rings is 1. The molecule has 8 heteroatoms. The Morgan fingerprint density at radius 1 is 1.25 bits per heavy atom. The average molecular weight is 447 g/mol. The standard InChI is InChI=1S/C20H26AsN3O4/c22-20(27)14-1-6-19(23-12-14)24-9-7-15(8-10-24)21-11-17(26)13-28-18-4-2-16(25)3-5-18/h1-6,12,15,17,21,25-26H,7-11,13H2,(H2,22,27). The van der Waals surface area contributed by atoms with Gasteiger partial charge >= 0.3 is 171 Å². The number of aliphatic hydroxyl groups excluding tert-OH is 1. The predicted octanol–water partition coefficient (Wildman–Crippen LogP) is 1.57. The number of amides is 1. The van der Waals surface area contributed by atoms with Crippen LogP contribution in [0.5, 0.6) is 11.5 Å². The number of carbonyl (C=O) groups excluding carboxylic acids is 1. The van der Waals surface area contributed by atoms with E-state index in [1.807, 2.05) is 6.07 Å². The Bertz CT molecular complexity index is 762. The van der Waals surface area contributed by atoms with Gasteiger partial charge < -0.3 is 0 Å². The first-order valence-corrected chi connectivity index (χ1v) is 12.0. The van der Waals surface area contributed by atoms with Crippen LogP contribution in [-0.2, 0) is 0 Å². The zero-order valence-electron chi connectivity index (χ0n) is 15.6. The van der Waals surface area contributed by atoms with Gasteiger partial charge in [-0.1, -0.05) is 0 Å². The Hall–Kier alpha value is -2.24. The molecule has 0 spiro atoms. The summed E-state index contributed by atoms with van der Waals surface area (Å²) in [6, 6.07) is 10.1. The van der Waals surface area contributed by atoms with Crippen molar-refractivity contribution in [2.45, 2.75) is 28.9 Å². The molecule has 28 heavy (non-hydrogen) atoms. The number of hydrogen-bond donors (Lipinski definition) is 3. The number of phenolic OH excluding ortho intramolecular Hbond substituents is 1. The van der Waals surface area contributed by atoms with Crippen molar-refractivity contribution in [1.29, 1.82) is 0 Å². The summed E-state index contributed by atoms with van der Waals surface area (Å²) in [5, 5.41) is 20.3. The minimum absolute atomic E-state index is 0.199. The van der Waals surface area contributed by atoms with E-state index in [1.54, 1.807) is 30.3 Å². The predicted molar refractivity (Wildman–Crippen MR) is 110 cm³/mol. The van der Waals surface area contributed by atoms with Gasteiger partial charge in [-0.3, -0.25) is 0 Å². The normalized spacial score (nSPS) is 16.4. The molecule has 1 aromatic heterocycles. The van der Waals surface area contributed by atoms with Gasteiger partial charge in [0, 0.05) is 0 Å². The van der Waals surface area contributed by atoms with Crippen LogP contribution in [0.25, 0.3) is 0 Å². The molecule has 0 saturated carbocycles. The fourth-order valence-electron chi connectivity index (χ4n) is 3.13. The number of pyridine rings is 1. The third-order valence-corrected chi connectivity index (χ3v) is 8.68. The van der Waals surface area contributed by atoms with Crippen molar-refractivity contribution < 1.29 is 19.7 Å². The van der Waals surface area contributed by atoms with Crippen LogP contribution in [0.4, 0.5) is 5.82 Å². The molecule has 2 heterocycles. The third kappa shape index (κ3) is 5.88. The van der Waals surface area contributed by atoms with E-state index >= 15 is 0 Å². The molecule has 0 radical (unpaired) electrons. The molecule has 2 atom stereocenters. The van der Waals surface area contributed by atoms with Gasteiger partial charge in [-0.15, -0.1) is 0 Å². The molecule has 0 bridgehead atoms. The molecule has 1 aliphatic heterocycles. The van der Waals surface area contributed by atoms with Gasteiger partial charge in [-0.05, 0) is 0 Å². The van der Waals surface area contributed by atoms with Gasteiger partial charge in [0.15, 0.2) is 0 Å². The van der Waals surface area contributed by atoms with Gasteiger partial charge in [-0.25, -0.2) is 0 Å². The minimum atomic E-state index is -0.462. The quantitative estimate of drug-likeness (QED) is 0.530. The van der Waals surface area contributed by atoms with Crippen molar-refractivity contribution in [1.82, 2.24) is 4.98 Å². The molecule has 2 unspecified atom stereocenters. The second kappa shape index (κ2) is 9.80. The number of anilines is 1. The molecule has 1 saturated heterocycles. The van der Waals surface area contributed by atoms with E-state index < -0.39 is 12.0 Å². The average Bonchev–Trinajstić information content (AvgIpc) is 2.72. The second-order valence-corrected chi connectivity index (χ2v) is 10.3. The van der Waals surface area contributed by atoms with Gasteiger partial charge in [0.25, 0.3) is 0 Å². The third-order valence-electron chi connectivity index (χ3n) is 4.77. The van der Waals surface area contributed by atoms with Crippen molar-refractivity contribution in [2.24, 2.45) is 5.73 Å². The summed E-state index contributed by atoms with van der Waals surface area (Å²) in [7, 11) is 0. The molecule has 7 nitrogen and oxygen atoms in total. The monoisotopic (exact) mass is 447 g/mol. The number of nitrogens with two attached hydrogens (primary N) is 1. The molecule has 3 rings (SSSR count). The number of rotatable bonds is 8. The van der Waals surface area contributed by atoms with Crippen LogP contribution in [-0.4, -0.2) is 62.7 Å². The van der Waals surface area contributed by atoms with Crippen LogP contribution >= 0.6 is 0 Å². The van der Waals surface area contributed by atoms with E-state index in [4.69, 9.17) is 10.5 Å². The number of primary amides is 1. The summed E-state index contributed by atoms with van der Waals surface area (Å²) in [6.45, 7) is 2.16. The topological polar surface area (TPSA) is 109 Å². The zero-order valence-corrected chi connectivity index (χ0v) is 17.7. The molecule has 0 aliphatic carbocycles. The Labute approximate surface area is 171 Å². The van der Waals surface area contributed by atoms with E-state index in [-0.39, 0.29) is 28.1 Å². The zero-order chi connectivity index (χ0) is 19.9. The van der Waals surface area contributed by atoms with Crippen molar-refractivity contribution >= 4 is 27.5 Å². The first-order chi connectivity index (χ1) is 13.5. The van der Waals surface area contributed by atoms with Gasteiger partial charge in [-0.2, -0.15) is 0 Å². The van der Waals surface area contributed by atoms with Gasteiger partial charge in [0.05, 0.1) is 0 Å². The van der Waals surface area contributed by atoms with E-state index in [2.05, 4.69) is 9.88 Å². The molecule has 4 N–H and O–H groups in total. The molecular formula is C20H26AsN3O4. The SMILES string of the molecule is NC(=O)c1ccc(N2CCC([AsH]CC(O)COc3ccc(O)cc3)CC2)nc1. The fraction of sp³-hybridized carbons (Fsp3) is 0.400. The number of aromatic hydroxyl groups is 1. The van der Waals surface area contributed by atoms with Crippen LogP contribution in [0.1, 0.15) is 23.2 Å². The molecular weight excluding hydrogens is 421 g/mol. The second-order valence-electron chi connectivity index (χ2n) is 6.90. The summed E-state index contributed by atoms with van der Waals surface area (Å²) in [4.78, 5) is 17.7. The number of carbonyl (C=O) groups is 1. The number of ether oxygens (including phenoxy) is 1. The number of benzene rings is 1. The maximum atomic E-state index is 11.1. The Balaban J connectivity index is 1.36. The van der Waals surface area contributed by atoms with Crippen LogP contribution in [0.15, 0.2) is 42.6 Å². The van der Waals surface area contributed by atoms with Crippen molar-refractivity contribution in [3.63, 3.8) is 0 Å². The van der Waals surface area contributed by atoms with Gasteiger partial charge in [0.2, 0.25) is 0 Å². The molecule has 150 valence electrons. The Morgan fingerprint density at radius 2 is 1.96 bits per heavy atom. The van der Waals surface area contributed by atoms with Crippen LogP contribution < -0.4 is 15.4 Å². The number of aromatic nitrogens is 1. The number of aliphatic hydroxyl groups is 1. The number of nitrogens with zero attached hydrogens (tertiary/aromatic N) is 2. The van der Waals surface area contributed by atoms with Crippen LogP contribution in [0.2, 0.25) is 9.91 Å². The maximum absolute atomic E-state index is 11.1. The van der Waals surface area contributed by atoms with Crippen LogP contribution in [0, 0.1) is 0 Å². The number of phenols is 1. The molecule has 1 amide bonds. The Kier molecular flexibility index (Phi) is 7.17. The first kappa shape index (κ1) is 20.5. The Morgan fingerprint density at radius 3 is 2.57 bits per heavy atom. The number of hydrogen-bond acceptors (Lipinski definition) is 6. The van der Waals surface area contributed by atoms with E-state index in [0.717, 1.165) is 37.0 Å². The molecule has 1 aromatic carbocycles. The summed E-state index contributed by atoms with van der Waals surface area (Å²) in [5.74, 6) is 1.27. The van der Waals surface area contributed by atoms with E-state index in [1.165, 1.54) is 6.20 Å². The molecule has 2 aromatic rings. The van der Waals surface area contributed by atoms with E-state index in [0.29, 0.717) is 16.0 Å². The van der Waals surface area contributed by atoms with Crippen molar-refractivity contribution in [2.75, 3.05) is 24.6 Å². The summed E-state index contributed by atoms with van der Waals surface area (Å²) < 4.78 is 6.27. The summed E-state index contributed by atoms with van der Waals surface area (Å²) in [5.41, 5.74) is 5.68. The first-order valence-electron chi connectivity index (χ1n) is 9.35. The molecule has 1 fully saturated rings. The van der Waals surface area contributed by atoms with Gasteiger partial charge in [0.1, 0.15) is 0 Å². The summed E-state index contributed by atoms with van der Waals surface area (Å²) >= 11 is -0.252. The fourth-order valence-corrected chi connectivity index (χ4v) is 6.04. The molecule has 1 aliphatic rings. The van der Waals surface area contributed by atoms with Crippen molar-refractivity contribution in [3.05, 3.63) is 48.2 Å².